The molecule has 0 bridgehead atoms. The zero-order valence-electron chi connectivity index (χ0n) is 16.3. The number of nitrogens with one attached hydrogen (secondary N) is 1. The number of imide groups is 1. The van der Waals surface area contributed by atoms with Crippen LogP contribution in [0, 0.1) is 5.82 Å². The van der Waals surface area contributed by atoms with Gasteiger partial charge in [0.25, 0.3) is 11.8 Å². The number of urea groups is 1. The molecular formula is C22H22FN3O4. The van der Waals surface area contributed by atoms with Gasteiger partial charge in [-0.15, -0.1) is 0 Å². The number of carbonyl (C=O) groups excluding carboxylic acids is 3. The Kier molecular flexibility index (Phi) is 5.39. The number of ether oxygens (including phenoxy) is 1. The SMILES string of the molecule is O=C(COc1ccccc1)N1CCC2(CC1)NC(=O)N(Cc1ccc(F)cc1)C2=O. The van der Waals surface area contributed by atoms with Gasteiger partial charge < -0.3 is 15.0 Å². The smallest absolute Gasteiger partial charge is 0.325 e. The lowest BCUT2D eigenvalue weighted by atomic mass is 9.87. The fourth-order valence-electron chi connectivity index (χ4n) is 3.82. The van der Waals surface area contributed by atoms with E-state index in [0.29, 0.717) is 37.2 Å². The molecule has 1 spiro atoms. The summed E-state index contributed by atoms with van der Waals surface area (Å²) in [5, 5.41) is 2.81. The Morgan fingerprint density at radius 3 is 2.37 bits per heavy atom. The molecule has 7 nitrogen and oxygen atoms in total. The number of rotatable bonds is 5. The Hall–Kier alpha value is -3.42. The largest absolute Gasteiger partial charge is 0.484 e. The maximum absolute atomic E-state index is 13.1. The van der Waals surface area contributed by atoms with E-state index in [-0.39, 0.29) is 30.8 Å². The molecule has 8 heteroatoms. The fraction of sp³-hybridized carbons (Fsp3) is 0.318. The molecule has 0 atom stereocenters. The lowest BCUT2D eigenvalue weighted by molar-refractivity contribution is -0.139. The predicted octanol–water partition coefficient (Wildman–Crippen LogP) is 2.32. The summed E-state index contributed by atoms with van der Waals surface area (Å²) in [6.07, 6.45) is 0.684. The molecule has 30 heavy (non-hydrogen) atoms. The van der Waals surface area contributed by atoms with Crippen molar-refractivity contribution in [2.75, 3.05) is 19.7 Å². The summed E-state index contributed by atoms with van der Waals surface area (Å²) >= 11 is 0. The summed E-state index contributed by atoms with van der Waals surface area (Å²) in [6.45, 7) is 0.717. The average molecular weight is 411 g/mol. The molecule has 0 aliphatic carbocycles. The van der Waals surface area contributed by atoms with E-state index in [9.17, 15) is 18.8 Å². The Balaban J connectivity index is 1.34. The average Bonchev–Trinajstić information content (AvgIpc) is 2.99. The molecular weight excluding hydrogens is 389 g/mol. The molecule has 0 aromatic heterocycles. The molecule has 2 aromatic rings. The maximum atomic E-state index is 13.1. The normalized spacial score (nSPS) is 17.9. The second-order valence-corrected chi connectivity index (χ2v) is 7.51. The highest BCUT2D eigenvalue weighted by molar-refractivity contribution is 6.07. The lowest BCUT2D eigenvalue weighted by Gasteiger charge is -2.37. The first kappa shape index (κ1) is 19.9. The van der Waals surface area contributed by atoms with E-state index in [1.807, 2.05) is 18.2 Å². The van der Waals surface area contributed by atoms with Crippen LogP contribution in [0.4, 0.5) is 9.18 Å². The number of piperidine rings is 1. The van der Waals surface area contributed by atoms with Gasteiger partial charge in [-0.3, -0.25) is 14.5 Å². The summed E-state index contributed by atoms with van der Waals surface area (Å²) in [5.41, 5.74) is -0.323. The van der Waals surface area contributed by atoms with Crippen LogP contribution in [0.3, 0.4) is 0 Å². The van der Waals surface area contributed by atoms with Crippen LogP contribution in [0.5, 0.6) is 5.75 Å². The van der Waals surface area contributed by atoms with Crippen molar-refractivity contribution in [2.45, 2.75) is 24.9 Å². The second-order valence-electron chi connectivity index (χ2n) is 7.51. The van der Waals surface area contributed by atoms with E-state index < -0.39 is 11.6 Å². The fourth-order valence-corrected chi connectivity index (χ4v) is 3.82. The van der Waals surface area contributed by atoms with Crippen molar-refractivity contribution in [3.63, 3.8) is 0 Å². The zero-order chi connectivity index (χ0) is 21.1. The summed E-state index contributed by atoms with van der Waals surface area (Å²) in [7, 11) is 0. The molecule has 2 saturated heterocycles. The Morgan fingerprint density at radius 1 is 1.03 bits per heavy atom. The summed E-state index contributed by atoms with van der Waals surface area (Å²) < 4.78 is 18.6. The first-order valence-corrected chi connectivity index (χ1v) is 9.81. The molecule has 0 radical (unpaired) electrons. The van der Waals surface area contributed by atoms with E-state index in [2.05, 4.69) is 5.32 Å². The summed E-state index contributed by atoms with van der Waals surface area (Å²) in [4.78, 5) is 40.7. The van der Waals surface area contributed by atoms with Gasteiger partial charge in [0.1, 0.15) is 17.1 Å². The van der Waals surface area contributed by atoms with E-state index in [4.69, 9.17) is 4.74 Å². The van der Waals surface area contributed by atoms with Crippen LogP contribution < -0.4 is 10.1 Å². The molecule has 2 aliphatic heterocycles. The van der Waals surface area contributed by atoms with Crippen LogP contribution in [0.2, 0.25) is 0 Å². The number of hydrogen-bond donors (Lipinski definition) is 1. The van der Waals surface area contributed by atoms with E-state index in [0.717, 1.165) is 4.90 Å². The lowest BCUT2D eigenvalue weighted by Crippen LogP contribution is -2.56. The first-order chi connectivity index (χ1) is 14.5. The van der Waals surface area contributed by atoms with Crippen molar-refractivity contribution in [3.05, 3.63) is 66.0 Å². The molecule has 2 aromatic carbocycles. The first-order valence-electron chi connectivity index (χ1n) is 9.81. The molecule has 0 saturated carbocycles. The van der Waals surface area contributed by atoms with Crippen molar-refractivity contribution in [2.24, 2.45) is 0 Å². The van der Waals surface area contributed by atoms with E-state index in [1.54, 1.807) is 29.2 Å². The van der Waals surface area contributed by atoms with Gasteiger partial charge in [-0.2, -0.15) is 0 Å². The Morgan fingerprint density at radius 2 is 1.70 bits per heavy atom. The van der Waals surface area contributed by atoms with Crippen LogP contribution >= 0.6 is 0 Å². The van der Waals surface area contributed by atoms with Gasteiger partial charge in [0.15, 0.2) is 6.61 Å². The van der Waals surface area contributed by atoms with Gasteiger partial charge >= 0.3 is 6.03 Å². The summed E-state index contributed by atoms with van der Waals surface area (Å²) in [6, 6.07) is 14.3. The summed E-state index contributed by atoms with van der Waals surface area (Å²) in [5.74, 6) is -0.215. The van der Waals surface area contributed by atoms with Crippen molar-refractivity contribution in [1.82, 2.24) is 15.1 Å². The molecule has 2 fully saturated rings. The van der Waals surface area contributed by atoms with Crippen molar-refractivity contribution in [3.8, 4) is 5.75 Å². The number of likely N-dealkylation sites (tertiary alicyclic amines) is 1. The van der Waals surface area contributed by atoms with E-state index in [1.165, 1.54) is 12.1 Å². The van der Waals surface area contributed by atoms with Gasteiger partial charge in [0, 0.05) is 13.1 Å². The van der Waals surface area contributed by atoms with Crippen LogP contribution in [-0.4, -0.2) is 52.9 Å². The van der Waals surface area contributed by atoms with Crippen LogP contribution in [0.1, 0.15) is 18.4 Å². The van der Waals surface area contributed by atoms with Gasteiger partial charge in [0.2, 0.25) is 0 Å². The zero-order valence-corrected chi connectivity index (χ0v) is 16.3. The van der Waals surface area contributed by atoms with Crippen LogP contribution in [-0.2, 0) is 16.1 Å². The number of para-hydroxylation sites is 1. The van der Waals surface area contributed by atoms with Crippen molar-refractivity contribution >= 4 is 17.8 Å². The van der Waals surface area contributed by atoms with Gasteiger partial charge in [-0.25, -0.2) is 9.18 Å². The highest BCUT2D eigenvalue weighted by Crippen LogP contribution is 2.30. The van der Waals surface area contributed by atoms with Crippen molar-refractivity contribution in [1.29, 1.82) is 0 Å². The van der Waals surface area contributed by atoms with Crippen LogP contribution in [0.25, 0.3) is 0 Å². The third-order valence-electron chi connectivity index (χ3n) is 5.58. The van der Waals surface area contributed by atoms with E-state index >= 15 is 0 Å². The second kappa shape index (κ2) is 8.14. The quantitative estimate of drug-likeness (QED) is 0.766. The molecule has 156 valence electrons. The standard InChI is InChI=1S/C22H22FN3O4/c23-17-8-6-16(7-9-17)14-26-20(28)22(24-21(26)29)10-12-25(13-11-22)19(27)15-30-18-4-2-1-3-5-18/h1-9H,10-15H2,(H,24,29). The van der Waals surface area contributed by atoms with Gasteiger partial charge in [0.05, 0.1) is 6.54 Å². The number of hydrogen-bond acceptors (Lipinski definition) is 4. The number of halogens is 1. The highest BCUT2D eigenvalue weighted by atomic mass is 19.1. The Bertz CT molecular complexity index is 941. The van der Waals surface area contributed by atoms with Crippen molar-refractivity contribution < 1.29 is 23.5 Å². The van der Waals surface area contributed by atoms with Gasteiger partial charge in [-0.05, 0) is 42.7 Å². The topological polar surface area (TPSA) is 79.0 Å². The molecule has 4 rings (SSSR count). The molecule has 2 heterocycles. The van der Waals surface area contributed by atoms with Crippen LogP contribution in [0.15, 0.2) is 54.6 Å². The number of nitrogens with zero attached hydrogens (tertiary/aromatic N) is 2. The molecule has 1 N–H and O–H groups in total. The minimum atomic E-state index is -0.992. The predicted molar refractivity (Wildman–Crippen MR) is 106 cm³/mol. The Labute approximate surface area is 173 Å². The third-order valence-corrected chi connectivity index (χ3v) is 5.58. The monoisotopic (exact) mass is 411 g/mol. The number of benzene rings is 2. The minimum Gasteiger partial charge on any atom is -0.484 e. The highest BCUT2D eigenvalue weighted by Gasteiger charge is 2.52. The minimum absolute atomic E-state index is 0.0754. The third kappa shape index (κ3) is 3.98. The van der Waals surface area contributed by atoms with Gasteiger partial charge in [-0.1, -0.05) is 30.3 Å². The number of amides is 4. The molecule has 4 amide bonds. The molecule has 2 aliphatic rings. The molecule has 0 unspecified atom stereocenters. The maximum Gasteiger partial charge on any atom is 0.325 e. The number of carbonyl (C=O) groups is 3.